The SMILES string of the molecule is CCCCCCCCC/C=C/CC/C=C/C(O)C(COC1OC(CO)C(O)C(O)C1O)NC(=O)CCCCCCCCCCCCCCCCCCCCCCCOC(=O)CCCCCCCCCCCCC. The average molecular weight is 1040 g/mol. The Bertz CT molecular complexity index is 1260. The van der Waals surface area contributed by atoms with Gasteiger partial charge >= 0.3 is 5.97 Å². The zero-order valence-electron chi connectivity index (χ0n) is 47.4. The van der Waals surface area contributed by atoms with E-state index in [1.807, 2.05) is 6.08 Å². The molecule has 430 valence electrons. The number of carbonyl (C=O) groups excluding carboxylic acids is 2. The molecule has 0 spiro atoms. The Morgan fingerprint density at radius 2 is 0.890 bits per heavy atom. The van der Waals surface area contributed by atoms with E-state index in [9.17, 15) is 35.1 Å². The number of ether oxygens (including phenoxy) is 3. The molecule has 0 bridgehead atoms. The van der Waals surface area contributed by atoms with Gasteiger partial charge in [-0.1, -0.05) is 263 Å². The van der Waals surface area contributed by atoms with Crippen molar-refractivity contribution in [1.29, 1.82) is 0 Å². The number of nitrogens with one attached hydrogen (secondary N) is 1. The third kappa shape index (κ3) is 41.9. The van der Waals surface area contributed by atoms with Crippen LogP contribution in [-0.2, 0) is 23.8 Å². The molecule has 0 aromatic heterocycles. The van der Waals surface area contributed by atoms with Gasteiger partial charge in [0.2, 0.25) is 5.91 Å². The first-order valence-corrected chi connectivity index (χ1v) is 31.1. The molecule has 0 radical (unpaired) electrons. The maximum absolute atomic E-state index is 13.0. The summed E-state index contributed by atoms with van der Waals surface area (Å²) in [5, 5.41) is 54.4. The Labute approximate surface area is 448 Å². The number of aliphatic hydroxyl groups excluding tert-OH is 5. The van der Waals surface area contributed by atoms with Crippen LogP contribution in [-0.4, -0.2) is 100 Å². The van der Waals surface area contributed by atoms with Crippen molar-refractivity contribution in [3.8, 4) is 0 Å². The summed E-state index contributed by atoms with van der Waals surface area (Å²) in [5.41, 5.74) is 0. The van der Waals surface area contributed by atoms with Crippen LogP contribution in [0.2, 0.25) is 0 Å². The minimum atomic E-state index is -1.58. The lowest BCUT2D eigenvalue weighted by Gasteiger charge is -2.40. The molecule has 1 rings (SSSR count). The number of carbonyl (C=O) groups is 2. The lowest BCUT2D eigenvalue weighted by Crippen LogP contribution is -2.60. The topological polar surface area (TPSA) is 175 Å². The van der Waals surface area contributed by atoms with E-state index in [1.54, 1.807) is 6.08 Å². The highest BCUT2D eigenvalue weighted by Gasteiger charge is 2.44. The lowest BCUT2D eigenvalue weighted by atomic mass is 9.99. The Balaban J connectivity index is 2.06. The summed E-state index contributed by atoms with van der Waals surface area (Å²) in [6.45, 7) is 4.33. The van der Waals surface area contributed by atoms with E-state index in [0.717, 1.165) is 57.8 Å². The number of aliphatic hydroxyl groups is 5. The monoisotopic (exact) mass is 1040 g/mol. The molecule has 1 saturated heterocycles. The largest absolute Gasteiger partial charge is 0.466 e. The summed E-state index contributed by atoms with van der Waals surface area (Å²) in [6.07, 6.45) is 52.7. The van der Waals surface area contributed by atoms with E-state index in [0.29, 0.717) is 19.4 Å². The number of esters is 1. The Morgan fingerprint density at radius 3 is 1.36 bits per heavy atom. The molecule has 7 atom stereocenters. The molecule has 1 aliphatic heterocycles. The normalized spacial score (nSPS) is 19.0. The van der Waals surface area contributed by atoms with Crippen LogP contribution in [0.3, 0.4) is 0 Å². The second kappa shape index (κ2) is 52.2. The fourth-order valence-corrected chi connectivity index (χ4v) is 9.86. The zero-order valence-corrected chi connectivity index (χ0v) is 47.4. The standard InChI is InChI=1S/C62H117NO10/c1-3-5-7-9-11-13-15-25-29-32-36-40-44-48-55(65)54(53-72-62-61(70)60(69)59(68)56(52-64)73-62)63-57(66)49-45-41-37-33-30-26-23-21-19-17-16-18-20-22-24-27-31-35-39-43-47-51-71-58(67)50-46-42-38-34-28-14-12-10-8-6-4-2/h29,32,44,48,54-56,59-62,64-65,68-70H,3-28,30-31,33-43,45-47,49-53H2,1-2H3,(H,63,66)/b32-29+,48-44+. The second-order valence-corrected chi connectivity index (χ2v) is 21.8. The molecule has 1 amide bonds. The molecular formula is C62H117NO10. The van der Waals surface area contributed by atoms with E-state index in [1.165, 1.54) is 212 Å². The van der Waals surface area contributed by atoms with Crippen molar-refractivity contribution >= 4 is 11.9 Å². The van der Waals surface area contributed by atoms with Gasteiger partial charge in [-0.05, 0) is 44.9 Å². The average Bonchev–Trinajstić information content (AvgIpc) is 3.39. The number of amides is 1. The first-order chi connectivity index (χ1) is 35.7. The van der Waals surface area contributed by atoms with Crippen LogP contribution in [0.4, 0.5) is 0 Å². The third-order valence-electron chi connectivity index (χ3n) is 14.8. The quantitative estimate of drug-likeness (QED) is 0.0195. The first-order valence-electron chi connectivity index (χ1n) is 31.1. The number of unbranched alkanes of at least 4 members (excludes halogenated alkanes) is 38. The van der Waals surface area contributed by atoms with Crippen LogP contribution >= 0.6 is 0 Å². The third-order valence-corrected chi connectivity index (χ3v) is 14.8. The van der Waals surface area contributed by atoms with Gasteiger partial charge in [-0.2, -0.15) is 0 Å². The van der Waals surface area contributed by atoms with Crippen molar-refractivity contribution in [3.05, 3.63) is 24.3 Å². The van der Waals surface area contributed by atoms with E-state index in [2.05, 4.69) is 31.3 Å². The number of allylic oxidation sites excluding steroid dienone is 3. The fourth-order valence-electron chi connectivity index (χ4n) is 9.86. The molecular weight excluding hydrogens is 919 g/mol. The van der Waals surface area contributed by atoms with E-state index >= 15 is 0 Å². The van der Waals surface area contributed by atoms with Crippen LogP contribution in [0.1, 0.15) is 296 Å². The molecule has 6 N–H and O–H groups in total. The van der Waals surface area contributed by atoms with Crippen LogP contribution in [0.5, 0.6) is 0 Å². The highest BCUT2D eigenvalue weighted by Crippen LogP contribution is 2.23. The number of rotatable bonds is 54. The van der Waals surface area contributed by atoms with E-state index in [4.69, 9.17) is 14.2 Å². The highest BCUT2D eigenvalue weighted by molar-refractivity contribution is 5.76. The van der Waals surface area contributed by atoms with Gasteiger partial charge in [-0.3, -0.25) is 9.59 Å². The molecule has 0 aliphatic carbocycles. The molecule has 11 heteroatoms. The van der Waals surface area contributed by atoms with Gasteiger partial charge in [-0.25, -0.2) is 0 Å². The van der Waals surface area contributed by atoms with E-state index in [-0.39, 0.29) is 18.5 Å². The minimum Gasteiger partial charge on any atom is -0.466 e. The van der Waals surface area contributed by atoms with Crippen LogP contribution in [0.15, 0.2) is 24.3 Å². The summed E-state index contributed by atoms with van der Waals surface area (Å²) in [4.78, 5) is 25.1. The summed E-state index contributed by atoms with van der Waals surface area (Å²) >= 11 is 0. The Hall–Kier alpha value is -1.86. The lowest BCUT2D eigenvalue weighted by molar-refractivity contribution is -0.302. The maximum atomic E-state index is 13.0. The summed E-state index contributed by atoms with van der Waals surface area (Å²) in [7, 11) is 0. The molecule has 0 aromatic carbocycles. The van der Waals surface area contributed by atoms with Gasteiger partial charge in [0.05, 0.1) is 32.0 Å². The first kappa shape index (κ1) is 69.2. The van der Waals surface area contributed by atoms with Gasteiger partial charge in [0, 0.05) is 12.8 Å². The molecule has 1 heterocycles. The molecule has 1 aliphatic rings. The van der Waals surface area contributed by atoms with Crippen molar-refractivity contribution in [2.24, 2.45) is 0 Å². The van der Waals surface area contributed by atoms with E-state index < -0.39 is 49.5 Å². The number of hydrogen-bond acceptors (Lipinski definition) is 10. The number of hydrogen-bond donors (Lipinski definition) is 6. The maximum Gasteiger partial charge on any atom is 0.305 e. The fraction of sp³-hybridized carbons (Fsp3) is 0.903. The molecule has 11 nitrogen and oxygen atoms in total. The van der Waals surface area contributed by atoms with Gasteiger partial charge in [0.1, 0.15) is 24.4 Å². The predicted molar refractivity (Wildman–Crippen MR) is 301 cm³/mol. The van der Waals surface area contributed by atoms with Crippen LogP contribution in [0, 0.1) is 0 Å². The minimum absolute atomic E-state index is 0.00170. The Kier molecular flexibility index (Phi) is 49.5. The van der Waals surface area contributed by atoms with Crippen molar-refractivity contribution in [1.82, 2.24) is 5.32 Å². The smallest absolute Gasteiger partial charge is 0.305 e. The second-order valence-electron chi connectivity index (χ2n) is 21.8. The van der Waals surface area contributed by atoms with Gasteiger partial charge < -0.3 is 45.1 Å². The zero-order chi connectivity index (χ0) is 53.1. The van der Waals surface area contributed by atoms with Crippen molar-refractivity contribution in [2.75, 3.05) is 19.8 Å². The molecule has 1 fully saturated rings. The molecule has 0 aromatic rings. The van der Waals surface area contributed by atoms with Crippen molar-refractivity contribution < 1.29 is 49.3 Å². The Morgan fingerprint density at radius 1 is 0.493 bits per heavy atom. The molecule has 0 saturated carbocycles. The van der Waals surface area contributed by atoms with Crippen molar-refractivity contribution in [2.45, 2.75) is 339 Å². The summed E-state index contributed by atoms with van der Waals surface area (Å²) in [5.74, 6) is -0.194. The van der Waals surface area contributed by atoms with Crippen LogP contribution in [0.25, 0.3) is 0 Å². The highest BCUT2D eigenvalue weighted by atomic mass is 16.7. The van der Waals surface area contributed by atoms with Gasteiger partial charge in [0.25, 0.3) is 0 Å². The summed E-state index contributed by atoms with van der Waals surface area (Å²) < 4.78 is 16.7. The predicted octanol–water partition coefficient (Wildman–Crippen LogP) is 14.5. The van der Waals surface area contributed by atoms with Crippen molar-refractivity contribution in [3.63, 3.8) is 0 Å². The molecule has 7 unspecified atom stereocenters. The summed E-state index contributed by atoms with van der Waals surface area (Å²) in [6, 6.07) is -0.827. The van der Waals surface area contributed by atoms with Gasteiger partial charge in [0.15, 0.2) is 6.29 Å². The molecule has 73 heavy (non-hydrogen) atoms. The van der Waals surface area contributed by atoms with Crippen LogP contribution < -0.4 is 5.32 Å². The van der Waals surface area contributed by atoms with Gasteiger partial charge in [-0.15, -0.1) is 0 Å².